The highest BCUT2D eigenvalue weighted by Crippen LogP contribution is 2.19. The van der Waals surface area contributed by atoms with Gasteiger partial charge < -0.3 is 25.2 Å². The number of hydrogen-bond donors (Lipinski definition) is 3. The monoisotopic (exact) mass is 499 g/mol. The zero-order valence-electron chi connectivity index (χ0n) is 16.6. The maximum atomic E-state index is 9.66. The van der Waals surface area contributed by atoms with Gasteiger partial charge in [0.15, 0.2) is 5.96 Å². The maximum absolute atomic E-state index is 9.66. The lowest BCUT2D eigenvalue weighted by atomic mass is 10.0. The number of benzene rings is 2. The molecule has 2 aromatic rings. The predicted molar refractivity (Wildman–Crippen MR) is 124 cm³/mol. The van der Waals surface area contributed by atoms with Crippen LogP contribution in [0.4, 0.5) is 0 Å². The molecule has 0 radical (unpaired) electrons. The largest absolute Gasteiger partial charge is 0.497 e. The minimum absolute atomic E-state index is 0. The number of nitrogens with one attached hydrogen (secondary N) is 2. The molecule has 2 rings (SSSR count). The van der Waals surface area contributed by atoms with Crippen LogP contribution in [0.1, 0.15) is 18.4 Å². The lowest BCUT2D eigenvalue weighted by Crippen LogP contribution is -2.43. The molecule has 0 spiro atoms. The van der Waals surface area contributed by atoms with Crippen molar-refractivity contribution in [2.75, 3.05) is 33.9 Å². The second-order valence-electron chi connectivity index (χ2n) is 6.23. The van der Waals surface area contributed by atoms with Gasteiger partial charge in [0, 0.05) is 25.6 Å². The molecule has 7 heteroatoms. The van der Waals surface area contributed by atoms with E-state index >= 15 is 0 Å². The van der Waals surface area contributed by atoms with Crippen molar-refractivity contribution >= 4 is 29.9 Å². The second kappa shape index (κ2) is 13.2. The van der Waals surface area contributed by atoms with E-state index in [4.69, 9.17) is 9.47 Å². The van der Waals surface area contributed by atoms with Crippen LogP contribution >= 0.6 is 24.0 Å². The Labute approximate surface area is 184 Å². The fourth-order valence-corrected chi connectivity index (χ4v) is 2.64. The Morgan fingerprint density at radius 1 is 1.04 bits per heavy atom. The third-order valence-corrected chi connectivity index (χ3v) is 4.17. The minimum Gasteiger partial charge on any atom is -0.497 e. The molecule has 2 aromatic carbocycles. The van der Waals surface area contributed by atoms with Crippen LogP contribution in [0.5, 0.6) is 11.5 Å². The number of nitrogens with zero attached hydrogens (tertiary/aromatic N) is 1. The molecule has 3 N–H and O–H groups in total. The molecule has 0 aliphatic rings. The Kier molecular flexibility index (Phi) is 11.4. The summed E-state index contributed by atoms with van der Waals surface area (Å²) in [5.74, 6) is 2.21. The summed E-state index contributed by atoms with van der Waals surface area (Å²) in [6, 6.07) is 17.5. The molecule has 0 aliphatic carbocycles. The van der Waals surface area contributed by atoms with E-state index in [2.05, 4.69) is 15.6 Å². The summed E-state index contributed by atoms with van der Waals surface area (Å²) in [4.78, 5) is 4.23. The molecule has 0 amide bonds. The summed E-state index contributed by atoms with van der Waals surface area (Å²) >= 11 is 0. The maximum Gasteiger partial charge on any atom is 0.191 e. The average Bonchev–Trinajstić information content (AvgIpc) is 2.71. The number of aliphatic hydroxyl groups excluding tert-OH is 1. The van der Waals surface area contributed by atoms with Crippen molar-refractivity contribution in [2.24, 2.45) is 4.99 Å². The number of guanidine groups is 1. The molecule has 2 atom stereocenters. The molecule has 28 heavy (non-hydrogen) atoms. The molecule has 2 unspecified atom stereocenters. The first kappa shape index (κ1) is 24.0. The molecule has 0 aliphatic heterocycles. The summed E-state index contributed by atoms with van der Waals surface area (Å²) in [6.07, 6.45) is -0.0570. The van der Waals surface area contributed by atoms with E-state index in [1.807, 2.05) is 61.5 Å². The van der Waals surface area contributed by atoms with E-state index in [1.54, 1.807) is 14.2 Å². The van der Waals surface area contributed by atoms with Crippen LogP contribution in [0.25, 0.3) is 0 Å². The van der Waals surface area contributed by atoms with Crippen LogP contribution in [0.2, 0.25) is 0 Å². The van der Waals surface area contributed by atoms with Gasteiger partial charge >= 0.3 is 0 Å². The van der Waals surface area contributed by atoms with Crippen molar-refractivity contribution < 1.29 is 14.6 Å². The normalized spacial score (nSPS) is 13.1. The van der Waals surface area contributed by atoms with Gasteiger partial charge in [0.1, 0.15) is 17.6 Å². The number of aliphatic hydroxyl groups is 1. The van der Waals surface area contributed by atoms with Crippen molar-refractivity contribution in [1.29, 1.82) is 0 Å². The van der Waals surface area contributed by atoms with Gasteiger partial charge in [-0.1, -0.05) is 36.4 Å². The van der Waals surface area contributed by atoms with Crippen molar-refractivity contribution in [3.63, 3.8) is 0 Å². The molecular formula is C21H30IN3O3. The van der Waals surface area contributed by atoms with Crippen LogP contribution < -0.4 is 20.1 Å². The van der Waals surface area contributed by atoms with E-state index in [0.29, 0.717) is 19.0 Å². The van der Waals surface area contributed by atoms with Gasteiger partial charge in [-0.2, -0.15) is 0 Å². The number of aliphatic imine (C=N–C) groups is 1. The number of rotatable bonds is 9. The van der Waals surface area contributed by atoms with Gasteiger partial charge in [0.05, 0.1) is 20.3 Å². The zero-order chi connectivity index (χ0) is 19.5. The molecule has 6 nitrogen and oxygen atoms in total. The first-order chi connectivity index (χ1) is 13.2. The van der Waals surface area contributed by atoms with Crippen LogP contribution in [-0.4, -0.2) is 51.0 Å². The van der Waals surface area contributed by atoms with E-state index in [0.717, 1.165) is 17.1 Å². The Balaban J connectivity index is 0.00000392. The van der Waals surface area contributed by atoms with Gasteiger partial charge in [-0.05, 0) is 24.6 Å². The third kappa shape index (κ3) is 7.93. The minimum atomic E-state index is -0.0570. The van der Waals surface area contributed by atoms with Crippen LogP contribution in [0, 0.1) is 0 Å². The number of ether oxygens (including phenoxy) is 2. The molecule has 0 saturated carbocycles. The van der Waals surface area contributed by atoms with Crippen LogP contribution in [-0.2, 0) is 0 Å². The van der Waals surface area contributed by atoms with Gasteiger partial charge in [0.25, 0.3) is 0 Å². The van der Waals surface area contributed by atoms with Crippen molar-refractivity contribution in [3.8, 4) is 11.5 Å². The molecule has 0 fully saturated rings. The Hall–Kier alpha value is -2.00. The van der Waals surface area contributed by atoms with E-state index in [1.165, 1.54) is 0 Å². The fraction of sp³-hybridized carbons (Fsp3) is 0.381. The highest BCUT2D eigenvalue weighted by Gasteiger charge is 2.12. The molecule has 0 heterocycles. The summed E-state index contributed by atoms with van der Waals surface area (Å²) < 4.78 is 11.1. The van der Waals surface area contributed by atoms with Gasteiger partial charge in [0.2, 0.25) is 0 Å². The Bertz CT molecular complexity index is 713. The SMILES string of the molecule is CN=C(NCC(C)Oc1cccc(OC)c1)NCC(CO)c1ccccc1.I. The standard InChI is InChI=1S/C21H29N3O3.HI/c1-16(27-20-11-7-10-19(12-20)26-3)13-23-21(22-2)24-14-18(15-25)17-8-5-4-6-9-17;/h4-12,16,18,25H,13-15H2,1-3H3,(H2,22,23,24);1H. The predicted octanol–water partition coefficient (Wildman–Crippen LogP) is 3.02. The Morgan fingerprint density at radius 2 is 1.71 bits per heavy atom. The van der Waals surface area contributed by atoms with Crippen molar-refractivity contribution in [1.82, 2.24) is 10.6 Å². The van der Waals surface area contributed by atoms with E-state index in [9.17, 15) is 5.11 Å². The number of methoxy groups -OCH3 is 1. The lowest BCUT2D eigenvalue weighted by molar-refractivity contribution is 0.222. The molecule has 0 bridgehead atoms. The first-order valence-electron chi connectivity index (χ1n) is 9.07. The molecule has 0 aromatic heterocycles. The summed E-state index contributed by atoms with van der Waals surface area (Å²) in [7, 11) is 3.36. The molecule has 154 valence electrons. The molecular weight excluding hydrogens is 469 g/mol. The first-order valence-corrected chi connectivity index (χ1v) is 9.07. The topological polar surface area (TPSA) is 75.1 Å². The van der Waals surface area contributed by atoms with E-state index < -0.39 is 0 Å². The zero-order valence-corrected chi connectivity index (χ0v) is 18.9. The summed E-state index contributed by atoms with van der Waals surface area (Å²) in [5, 5.41) is 16.2. The van der Waals surface area contributed by atoms with E-state index in [-0.39, 0.29) is 42.6 Å². The third-order valence-electron chi connectivity index (χ3n) is 4.17. The van der Waals surface area contributed by atoms with Gasteiger partial charge in [-0.3, -0.25) is 4.99 Å². The van der Waals surface area contributed by atoms with Crippen molar-refractivity contribution in [3.05, 3.63) is 60.2 Å². The lowest BCUT2D eigenvalue weighted by Gasteiger charge is -2.20. The van der Waals surface area contributed by atoms with Crippen LogP contribution in [0.3, 0.4) is 0 Å². The summed E-state index contributed by atoms with van der Waals surface area (Å²) in [5.41, 5.74) is 1.10. The highest BCUT2D eigenvalue weighted by atomic mass is 127. The second-order valence-corrected chi connectivity index (χ2v) is 6.23. The number of hydrogen-bond acceptors (Lipinski definition) is 4. The number of halogens is 1. The van der Waals surface area contributed by atoms with Gasteiger partial charge in [-0.25, -0.2) is 0 Å². The smallest absolute Gasteiger partial charge is 0.191 e. The quantitative estimate of drug-likeness (QED) is 0.281. The van der Waals surface area contributed by atoms with Crippen molar-refractivity contribution in [2.45, 2.75) is 18.9 Å². The summed E-state index contributed by atoms with van der Waals surface area (Å²) in [6.45, 7) is 3.24. The average molecular weight is 499 g/mol. The highest BCUT2D eigenvalue weighted by molar-refractivity contribution is 14.0. The fourth-order valence-electron chi connectivity index (χ4n) is 2.64. The van der Waals surface area contributed by atoms with Crippen LogP contribution in [0.15, 0.2) is 59.6 Å². The molecule has 0 saturated heterocycles. The van der Waals surface area contributed by atoms with Gasteiger partial charge in [-0.15, -0.1) is 24.0 Å². The Morgan fingerprint density at radius 3 is 2.36 bits per heavy atom.